The van der Waals surface area contributed by atoms with Crippen LogP contribution >= 0.6 is 11.8 Å². The van der Waals surface area contributed by atoms with Crippen molar-refractivity contribution in [3.05, 3.63) is 24.2 Å². The van der Waals surface area contributed by atoms with E-state index in [0.29, 0.717) is 12.0 Å². The molecule has 1 unspecified atom stereocenters. The average Bonchev–Trinajstić information content (AvgIpc) is 2.33. The second-order valence-corrected chi connectivity index (χ2v) is 5.46. The van der Waals surface area contributed by atoms with Crippen LogP contribution in [0.1, 0.15) is 33.6 Å². The van der Waals surface area contributed by atoms with Crippen LogP contribution in [0.15, 0.2) is 24.2 Å². The van der Waals surface area contributed by atoms with E-state index in [1.54, 1.807) is 0 Å². The van der Waals surface area contributed by atoms with Crippen LogP contribution in [-0.2, 0) is 0 Å². The fourth-order valence-electron chi connectivity index (χ4n) is 2.07. The van der Waals surface area contributed by atoms with Crippen LogP contribution in [0, 0.1) is 0 Å². The fourth-order valence-corrected chi connectivity index (χ4v) is 3.46. The Morgan fingerprint density at radius 1 is 1.19 bits per heavy atom. The molecule has 0 radical (unpaired) electrons. The molecule has 0 aromatic rings. The van der Waals surface area contributed by atoms with E-state index in [0.717, 1.165) is 13.1 Å². The van der Waals surface area contributed by atoms with Gasteiger partial charge in [-0.2, -0.15) is 11.8 Å². The molecule has 3 heteroatoms. The molecule has 0 spiro atoms. The minimum atomic E-state index is 0.599. The number of rotatable bonds is 7. The van der Waals surface area contributed by atoms with Gasteiger partial charge in [-0.15, -0.1) is 0 Å². The monoisotopic (exact) mass is 237 g/mol. The molecule has 1 aliphatic heterocycles. The third-order valence-electron chi connectivity index (χ3n) is 3.10. The Hall–Kier alpha value is -0.145. The van der Waals surface area contributed by atoms with Crippen molar-refractivity contribution < 1.29 is 0 Å². The van der Waals surface area contributed by atoms with Crippen molar-refractivity contribution >= 4 is 18.6 Å². The summed E-state index contributed by atoms with van der Waals surface area (Å²) in [7, 11) is 0. The summed E-state index contributed by atoms with van der Waals surface area (Å²) in [6.07, 6.45) is 9.39. The van der Waals surface area contributed by atoms with Crippen LogP contribution in [0.4, 0.5) is 0 Å². The molecular formula is C13H24BNS. The summed E-state index contributed by atoms with van der Waals surface area (Å²) < 4.78 is 0. The molecule has 0 amide bonds. The summed E-state index contributed by atoms with van der Waals surface area (Å²) >= 11 is 2.11. The lowest BCUT2D eigenvalue weighted by Crippen LogP contribution is -2.45. The molecule has 0 saturated carbocycles. The predicted octanol–water partition coefficient (Wildman–Crippen LogP) is 3.43. The molecule has 0 saturated heterocycles. The van der Waals surface area contributed by atoms with Gasteiger partial charge in [0.1, 0.15) is 0 Å². The van der Waals surface area contributed by atoms with Gasteiger partial charge >= 0.3 is 0 Å². The van der Waals surface area contributed by atoms with Gasteiger partial charge in [-0.05, 0) is 25.3 Å². The lowest BCUT2D eigenvalue weighted by Gasteiger charge is -2.30. The van der Waals surface area contributed by atoms with Crippen LogP contribution in [0.5, 0.6) is 0 Å². The number of unbranched alkanes of at least 4 members (excludes halogenated alkanes) is 1. The highest BCUT2D eigenvalue weighted by molar-refractivity contribution is 8.01. The van der Waals surface area contributed by atoms with Crippen molar-refractivity contribution in [1.82, 2.24) is 4.81 Å². The van der Waals surface area contributed by atoms with Crippen LogP contribution in [0.25, 0.3) is 0 Å². The molecule has 1 rings (SSSR count). The molecule has 0 aromatic carbocycles. The summed E-state index contributed by atoms with van der Waals surface area (Å²) in [5.41, 5.74) is 0. The lowest BCUT2D eigenvalue weighted by molar-refractivity contribution is 0.483. The molecule has 0 aliphatic carbocycles. The smallest absolute Gasteiger partial charge is 0.267 e. The number of allylic oxidation sites excluding steroid dienone is 2. The first-order chi connectivity index (χ1) is 7.83. The van der Waals surface area contributed by atoms with Gasteiger partial charge in [-0.1, -0.05) is 51.4 Å². The predicted molar refractivity (Wildman–Crippen MR) is 78.1 cm³/mol. The van der Waals surface area contributed by atoms with Crippen molar-refractivity contribution in [3.63, 3.8) is 0 Å². The number of hydrogen-bond donors (Lipinski definition) is 0. The van der Waals surface area contributed by atoms with E-state index in [9.17, 15) is 0 Å². The van der Waals surface area contributed by atoms with Crippen LogP contribution < -0.4 is 0 Å². The first-order valence-corrected chi connectivity index (χ1v) is 7.59. The van der Waals surface area contributed by atoms with Gasteiger partial charge in [-0.25, -0.2) is 0 Å². The van der Waals surface area contributed by atoms with E-state index >= 15 is 0 Å². The Kier molecular flexibility index (Phi) is 6.98. The number of hydrogen-bond acceptors (Lipinski definition) is 2. The number of thioether (sulfide) groups is 1. The van der Waals surface area contributed by atoms with E-state index in [-0.39, 0.29) is 0 Å². The van der Waals surface area contributed by atoms with Crippen LogP contribution in [0.2, 0.25) is 0 Å². The Balaban J connectivity index is 2.51. The fraction of sp³-hybridized carbons (Fsp3) is 0.692. The largest absolute Gasteiger partial charge is 0.338 e. The van der Waals surface area contributed by atoms with Gasteiger partial charge in [0.05, 0.1) is 0 Å². The molecule has 0 bridgehead atoms. The summed E-state index contributed by atoms with van der Waals surface area (Å²) in [5, 5.41) is 0.649. The van der Waals surface area contributed by atoms with E-state index in [4.69, 9.17) is 0 Å². The highest BCUT2D eigenvalue weighted by Gasteiger charge is 2.27. The second kappa shape index (κ2) is 8.02. The molecule has 16 heavy (non-hydrogen) atoms. The molecule has 1 nitrogen and oxygen atoms in total. The van der Waals surface area contributed by atoms with Crippen molar-refractivity contribution in [2.75, 3.05) is 18.8 Å². The average molecular weight is 237 g/mol. The van der Waals surface area contributed by atoms with E-state index in [1.165, 1.54) is 18.6 Å². The number of nitrogens with zero attached hydrogens (tertiary/aromatic N) is 1. The summed E-state index contributed by atoms with van der Waals surface area (Å²) in [4.78, 5) is 2.55. The third kappa shape index (κ3) is 4.02. The van der Waals surface area contributed by atoms with Gasteiger partial charge in [0.15, 0.2) is 0 Å². The molecule has 90 valence electrons. The minimum Gasteiger partial charge on any atom is -0.338 e. The summed E-state index contributed by atoms with van der Waals surface area (Å²) in [5.74, 6) is 3.65. The molecule has 0 fully saturated rings. The van der Waals surface area contributed by atoms with Crippen LogP contribution in [0.3, 0.4) is 0 Å². The Morgan fingerprint density at radius 2 is 1.94 bits per heavy atom. The highest BCUT2D eigenvalue weighted by atomic mass is 32.2. The second-order valence-electron chi connectivity index (χ2n) is 4.17. The van der Waals surface area contributed by atoms with Crippen molar-refractivity contribution in [3.8, 4) is 0 Å². The van der Waals surface area contributed by atoms with Crippen LogP contribution in [-0.4, -0.2) is 35.7 Å². The standard InChI is InChI=1S/C13H24BNS/c1-4-7-12-16-13-10-8-9-11-14(13)15(5-2)6-3/h8-11,13H,4-7,12H2,1-3H3. The lowest BCUT2D eigenvalue weighted by atomic mass is 9.55. The quantitative estimate of drug-likeness (QED) is 0.493. The topological polar surface area (TPSA) is 3.24 Å². The normalized spacial score (nSPS) is 19.8. The Labute approximate surface area is 105 Å². The summed E-state index contributed by atoms with van der Waals surface area (Å²) in [6.45, 7) is 9.65. The van der Waals surface area contributed by atoms with Gasteiger partial charge in [0, 0.05) is 5.15 Å². The first-order valence-electron chi connectivity index (χ1n) is 6.54. The highest BCUT2D eigenvalue weighted by Crippen LogP contribution is 2.22. The van der Waals surface area contributed by atoms with Gasteiger partial charge in [-0.3, -0.25) is 0 Å². The Bertz CT molecular complexity index is 236. The van der Waals surface area contributed by atoms with Gasteiger partial charge in [0.25, 0.3) is 6.85 Å². The molecule has 0 aromatic heterocycles. The molecule has 1 heterocycles. The maximum Gasteiger partial charge on any atom is 0.267 e. The molecular weight excluding hydrogens is 213 g/mol. The molecule has 0 N–H and O–H groups in total. The zero-order valence-electron chi connectivity index (χ0n) is 10.9. The molecule has 1 atom stereocenters. The van der Waals surface area contributed by atoms with E-state index < -0.39 is 0 Å². The van der Waals surface area contributed by atoms with E-state index in [1.807, 2.05) is 0 Å². The Morgan fingerprint density at radius 3 is 2.56 bits per heavy atom. The molecule has 1 aliphatic rings. The zero-order chi connectivity index (χ0) is 11.8. The van der Waals surface area contributed by atoms with Crippen molar-refractivity contribution in [2.24, 2.45) is 0 Å². The maximum absolute atomic E-state index is 2.55. The van der Waals surface area contributed by atoms with E-state index in [2.05, 4.69) is 61.5 Å². The summed E-state index contributed by atoms with van der Waals surface area (Å²) in [6, 6.07) is 0. The van der Waals surface area contributed by atoms with Gasteiger partial charge in [0.2, 0.25) is 0 Å². The van der Waals surface area contributed by atoms with Crippen molar-refractivity contribution in [2.45, 2.75) is 38.8 Å². The SMILES string of the molecule is CCCCSC1C=CC=CB1N(CC)CC. The minimum absolute atomic E-state index is 0.599. The third-order valence-corrected chi connectivity index (χ3v) is 4.44. The zero-order valence-corrected chi connectivity index (χ0v) is 11.7. The first kappa shape index (κ1) is 13.9. The van der Waals surface area contributed by atoms with Gasteiger partial charge < -0.3 is 4.81 Å². The van der Waals surface area contributed by atoms with Crippen molar-refractivity contribution in [1.29, 1.82) is 0 Å². The maximum atomic E-state index is 2.55.